The van der Waals surface area contributed by atoms with Crippen molar-refractivity contribution in [2.45, 2.75) is 33.3 Å². The maximum absolute atomic E-state index is 12.1. The average Bonchev–Trinajstić information content (AvgIpc) is 3.30. The fourth-order valence-electron chi connectivity index (χ4n) is 2.42. The molecule has 0 fully saturated rings. The van der Waals surface area contributed by atoms with E-state index in [9.17, 15) is 4.79 Å². The van der Waals surface area contributed by atoms with Crippen molar-refractivity contribution >= 4 is 17.2 Å². The number of hydrogen-bond donors (Lipinski definition) is 1. The van der Waals surface area contributed by atoms with Crippen molar-refractivity contribution in [1.82, 2.24) is 20.4 Å². The number of rotatable bonds is 8. The number of aryl methyl sites for hydroxylation is 1. The second kappa shape index (κ2) is 8.88. The second-order valence-electron chi connectivity index (χ2n) is 6.28. The van der Waals surface area contributed by atoms with E-state index in [-0.39, 0.29) is 17.9 Å². The summed E-state index contributed by atoms with van der Waals surface area (Å²) in [6, 6.07) is 7.69. The molecule has 0 atom stereocenters. The van der Waals surface area contributed by atoms with Gasteiger partial charge in [0.2, 0.25) is 5.82 Å². The lowest BCUT2D eigenvalue weighted by Gasteiger charge is -2.06. The van der Waals surface area contributed by atoms with Crippen molar-refractivity contribution in [3.8, 4) is 22.6 Å². The quantitative estimate of drug-likeness (QED) is 0.594. The van der Waals surface area contributed by atoms with Crippen LogP contribution < -0.4 is 5.32 Å². The predicted octanol–water partition coefficient (Wildman–Crippen LogP) is 3.71. The Morgan fingerprint density at radius 2 is 2.11 bits per heavy atom. The molecule has 2 heterocycles. The number of amides is 1. The molecule has 8 heteroatoms. The van der Waals surface area contributed by atoms with Crippen molar-refractivity contribution in [1.29, 1.82) is 0 Å². The largest absolute Gasteiger partial charge is 0.379 e. The van der Waals surface area contributed by atoms with Gasteiger partial charge in [0.05, 0.1) is 16.8 Å². The van der Waals surface area contributed by atoms with Crippen LogP contribution in [-0.4, -0.2) is 40.3 Å². The topological polar surface area (TPSA) is 90.1 Å². The predicted molar refractivity (Wildman–Crippen MR) is 104 cm³/mol. The fourth-order valence-corrected chi connectivity index (χ4v) is 3.04. The summed E-state index contributed by atoms with van der Waals surface area (Å²) in [5, 5.41) is 9.69. The summed E-state index contributed by atoms with van der Waals surface area (Å²) in [7, 11) is 0. The van der Waals surface area contributed by atoms with E-state index in [4.69, 9.17) is 9.26 Å². The highest BCUT2D eigenvalue weighted by atomic mass is 32.1. The number of carbonyl (C=O) groups excluding carboxylic acids is 1. The van der Waals surface area contributed by atoms with Gasteiger partial charge in [-0.2, -0.15) is 4.98 Å². The second-order valence-corrected chi connectivity index (χ2v) is 7.35. The first-order valence-corrected chi connectivity index (χ1v) is 9.67. The van der Waals surface area contributed by atoms with Gasteiger partial charge in [-0.05, 0) is 33.3 Å². The zero-order valence-corrected chi connectivity index (χ0v) is 16.4. The van der Waals surface area contributed by atoms with Crippen LogP contribution in [0, 0.1) is 6.92 Å². The maximum Gasteiger partial charge on any atom is 0.316 e. The van der Waals surface area contributed by atoms with Gasteiger partial charge >= 0.3 is 11.8 Å². The number of carbonyl (C=O) groups is 1. The van der Waals surface area contributed by atoms with E-state index in [0.29, 0.717) is 19.0 Å². The summed E-state index contributed by atoms with van der Waals surface area (Å²) in [5.41, 5.74) is 2.65. The van der Waals surface area contributed by atoms with Gasteiger partial charge in [0, 0.05) is 29.7 Å². The minimum Gasteiger partial charge on any atom is -0.379 e. The molecular formula is C19H22N4O3S. The third kappa shape index (κ3) is 5.21. The van der Waals surface area contributed by atoms with Gasteiger partial charge in [0.25, 0.3) is 0 Å². The molecule has 0 aliphatic heterocycles. The summed E-state index contributed by atoms with van der Waals surface area (Å²) < 4.78 is 10.5. The molecule has 142 valence electrons. The van der Waals surface area contributed by atoms with E-state index in [1.165, 1.54) is 0 Å². The van der Waals surface area contributed by atoms with E-state index < -0.39 is 0 Å². The molecule has 0 bridgehead atoms. The smallest absolute Gasteiger partial charge is 0.316 e. The van der Waals surface area contributed by atoms with E-state index in [1.807, 2.05) is 50.4 Å². The van der Waals surface area contributed by atoms with E-state index >= 15 is 0 Å². The molecule has 0 aliphatic carbocycles. The number of ether oxygens (including phenoxy) is 1. The van der Waals surface area contributed by atoms with Gasteiger partial charge < -0.3 is 14.6 Å². The first kappa shape index (κ1) is 19.2. The van der Waals surface area contributed by atoms with Gasteiger partial charge in [-0.3, -0.25) is 4.79 Å². The first-order valence-electron chi connectivity index (χ1n) is 8.79. The Kier molecular flexibility index (Phi) is 6.31. The SMILES string of the molecule is Cc1nc(-c2cccc(-c3noc(C(=O)NCCCOC(C)C)n3)c2)cs1. The molecule has 3 rings (SSSR count). The van der Waals surface area contributed by atoms with Crippen molar-refractivity contribution in [2.75, 3.05) is 13.2 Å². The summed E-state index contributed by atoms with van der Waals surface area (Å²) in [6.45, 7) is 7.00. The van der Waals surface area contributed by atoms with E-state index in [1.54, 1.807) is 11.3 Å². The monoisotopic (exact) mass is 386 g/mol. The number of hydrogen-bond acceptors (Lipinski definition) is 7. The van der Waals surface area contributed by atoms with Crippen LogP contribution >= 0.6 is 11.3 Å². The Balaban J connectivity index is 1.63. The Labute approximate surface area is 161 Å². The third-order valence-corrected chi connectivity index (χ3v) is 4.49. The van der Waals surface area contributed by atoms with Crippen LogP contribution in [-0.2, 0) is 4.74 Å². The van der Waals surface area contributed by atoms with Crippen molar-refractivity contribution in [3.63, 3.8) is 0 Å². The van der Waals surface area contributed by atoms with Crippen LogP contribution in [0.3, 0.4) is 0 Å². The third-order valence-electron chi connectivity index (χ3n) is 3.71. The number of aromatic nitrogens is 3. The highest BCUT2D eigenvalue weighted by Crippen LogP contribution is 2.25. The molecule has 1 amide bonds. The highest BCUT2D eigenvalue weighted by Gasteiger charge is 2.16. The Bertz CT molecular complexity index is 904. The van der Waals surface area contributed by atoms with Crippen LogP contribution in [0.15, 0.2) is 34.2 Å². The summed E-state index contributed by atoms with van der Waals surface area (Å²) in [5.74, 6) is -0.0636. The lowest BCUT2D eigenvalue weighted by Crippen LogP contribution is -2.25. The van der Waals surface area contributed by atoms with Crippen LogP contribution in [0.1, 0.15) is 36.0 Å². The molecule has 0 saturated carbocycles. The van der Waals surface area contributed by atoms with E-state index in [2.05, 4.69) is 20.4 Å². The van der Waals surface area contributed by atoms with Gasteiger partial charge in [0.15, 0.2) is 0 Å². The molecule has 2 aromatic heterocycles. The van der Waals surface area contributed by atoms with Gasteiger partial charge in [-0.15, -0.1) is 11.3 Å². The minimum atomic E-state index is -0.385. The standard InChI is InChI=1S/C19H22N4O3S/c1-12(2)25-9-5-8-20-18(24)19-22-17(23-26-19)15-7-4-6-14(10-15)16-11-27-13(3)21-16/h4,6-7,10-12H,5,8-9H2,1-3H3,(H,20,24). The minimum absolute atomic E-state index is 0.0512. The number of benzene rings is 1. The van der Waals surface area contributed by atoms with Crippen molar-refractivity contribution in [3.05, 3.63) is 40.5 Å². The zero-order valence-electron chi connectivity index (χ0n) is 15.6. The molecule has 27 heavy (non-hydrogen) atoms. The maximum atomic E-state index is 12.1. The Morgan fingerprint density at radius 1 is 1.30 bits per heavy atom. The van der Waals surface area contributed by atoms with Gasteiger partial charge in [0.1, 0.15) is 0 Å². The molecule has 1 aromatic carbocycles. The Morgan fingerprint density at radius 3 is 2.85 bits per heavy atom. The Hall–Kier alpha value is -2.58. The van der Waals surface area contributed by atoms with Gasteiger partial charge in [-0.1, -0.05) is 23.4 Å². The summed E-state index contributed by atoms with van der Waals surface area (Å²) in [6.07, 6.45) is 0.906. The van der Waals surface area contributed by atoms with Gasteiger partial charge in [-0.25, -0.2) is 4.98 Å². The van der Waals surface area contributed by atoms with Crippen LogP contribution in [0.25, 0.3) is 22.6 Å². The number of nitrogens with one attached hydrogen (secondary N) is 1. The molecule has 0 radical (unpaired) electrons. The molecular weight excluding hydrogens is 364 g/mol. The van der Waals surface area contributed by atoms with Crippen LogP contribution in [0.5, 0.6) is 0 Å². The molecule has 0 unspecified atom stereocenters. The summed E-state index contributed by atoms with van der Waals surface area (Å²) in [4.78, 5) is 20.8. The molecule has 3 aromatic rings. The van der Waals surface area contributed by atoms with E-state index in [0.717, 1.165) is 28.2 Å². The molecule has 0 spiro atoms. The molecule has 1 N–H and O–H groups in total. The molecule has 7 nitrogen and oxygen atoms in total. The lowest BCUT2D eigenvalue weighted by molar-refractivity contribution is 0.0751. The van der Waals surface area contributed by atoms with Crippen LogP contribution in [0.2, 0.25) is 0 Å². The average molecular weight is 386 g/mol. The fraction of sp³-hybridized carbons (Fsp3) is 0.368. The lowest BCUT2D eigenvalue weighted by atomic mass is 10.1. The van der Waals surface area contributed by atoms with Crippen molar-refractivity contribution < 1.29 is 14.1 Å². The normalized spacial score (nSPS) is 11.1. The molecule has 0 saturated heterocycles. The summed E-state index contributed by atoms with van der Waals surface area (Å²) >= 11 is 1.60. The number of thiazole rings is 1. The van der Waals surface area contributed by atoms with Crippen molar-refractivity contribution in [2.24, 2.45) is 0 Å². The van der Waals surface area contributed by atoms with Crippen LogP contribution in [0.4, 0.5) is 0 Å². The first-order chi connectivity index (χ1) is 13.0. The number of nitrogens with zero attached hydrogens (tertiary/aromatic N) is 3. The zero-order chi connectivity index (χ0) is 19.2. The highest BCUT2D eigenvalue weighted by molar-refractivity contribution is 7.09. The molecule has 0 aliphatic rings.